The predicted octanol–water partition coefficient (Wildman–Crippen LogP) is 4.22. The number of rotatable bonds is 2. The Kier molecular flexibility index (Phi) is 2.92. The molecule has 0 radical (unpaired) electrons. The first-order valence-corrected chi connectivity index (χ1v) is 6.29. The number of nitrogens with zero attached hydrogens (tertiary/aromatic N) is 1. The van der Waals surface area contributed by atoms with Gasteiger partial charge >= 0.3 is 0 Å². The lowest BCUT2D eigenvalue weighted by Crippen LogP contribution is -1.91. The molecule has 19 heavy (non-hydrogen) atoms. The second kappa shape index (κ2) is 4.73. The van der Waals surface area contributed by atoms with Gasteiger partial charge in [-0.15, -0.1) is 0 Å². The molecule has 94 valence electrons. The van der Waals surface area contributed by atoms with E-state index >= 15 is 0 Å². The molecule has 0 fully saturated rings. The average molecular weight is 249 g/mol. The van der Waals surface area contributed by atoms with Crippen molar-refractivity contribution in [1.29, 1.82) is 0 Å². The molecule has 3 aromatic rings. The van der Waals surface area contributed by atoms with Crippen LogP contribution >= 0.6 is 0 Å². The summed E-state index contributed by atoms with van der Waals surface area (Å²) in [6.07, 6.45) is 0. The maximum absolute atomic E-state index is 5.25. The largest absolute Gasteiger partial charge is 0.497 e. The van der Waals surface area contributed by atoms with Crippen LogP contribution in [0.5, 0.6) is 5.75 Å². The molecule has 0 amide bonds. The van der Waals surface area contributed by atoms with Crippen molar-refractivity contribution in [3.05, 3.63) is 60.2 Å². The van der Waals surface area contributed by atoms with Gasteiger partial charge in [-0.3, -0.25) is 0 Å². The van der Waals surface area contributed by atoms with Crippen molar-refractivity contribution in [2.75, 3.05) is 7.11 Å². The molecular weight excluding hydrogens is 234 g/mol. The van der Waals surface area contributed by atoms with E-state index < -0.39 is 0 Å². The van der Waals surface area contributed by atoms with Crippen molar-refractivity contribution >= 4 is 10.9 Å². The van der Waals surface area contributed by atoms with Crippen molar-refractivity contribution < 1.29 is 4.74 Å². The van der Waals surface area contributed by atoms with Crippen LogP contribution in [0.1, 0.15) is 5.56 Å². The Hall–Kier alpha value is -2.35. The fourth-order valence-electron chi connectivity index (χ4n) is 2.28. The summed E-state index contributed by atoms with van der Waals surface area (Å²) in [6.45, 7) is 2.09. The summed E-state index contributed by atoms with van der Waals surface area (Å²) in [5.41, 5.74) is 4.35. The Balaban J connectivity index is 2.20. The van der Waals surface area contributed by atoms with Gasteiger partial charge in [0, 0.05) is 10.9 Å². The van der Waals surface area contributed by atoms with E-state index in [2.05, 4.69) is 25.1 Å². The molecule has 0 saturated carbocycles. The Morgan fingerprint density at radius 1 is 0.947 bits per heavy atom. The SMILES string of the molecule is COc1ccc2nc(-c3ccccc3)c(C)cc2c1. The first-order valence-electron chi connectivity index (χ1n) is 6.29. The minimum atomic E-state index is 0.862. The number of hydrogen-bond acceptors (Lipinski definition) is 2. The van der Waals surface area contributed by atoms with Crippen LogP contribution in [0.3, 0.4) is 0 Å². The van der Waals surface area contributed by atoms with E-state index in [0.29, 0.717) is 0 Å². The normalized spacial score (nSPS) is 10.6. The van der Waals surface area contributed by atoms with Gasteiger partial charge in [-0.2, -0.15) is 0 Å². The highest BCUT2D eigenvalue weighted by Crippen LogP contribution is 2.27. The van der Waals surface area contributed by atoms with Crippen LogP contribution in [0.4, 0.5) is 0 Å². The molecule has 2 nitrogen and oxygen atoms in total. The summed E-state index contributed by atoms with van der Waals surface area (Å²) < 4.78 is 5.25. The maximum Gasteiger partial charge on any atom is 0.119 e. The molecule has 0 spiro atoms. The first-order chi connectivity index (χ1) is 9.28. The van der Waals surface area contributed by atoms with Crippen LogP contribution in [0.15, 0.2) is 54.6 Å². The number of hydrogen-bond donors (Lipinski definition) is 0. The van der Waals surface area contributed by atoms with Crippen LogP contribution < -0.4 is 4.74 Å². The maximum atomic E-state index is 5.25. The third-order valence-corrected chi connectivity index (χ3v) is 3.26. The van der Waals surface area contributed by atoms with Crippen molar-refractivity contribution in [3.8, 4) is 17.0 Å². The van der Waals surface area contributed by atoms with E-state index in [4.69, 9.17) is 9.72 Å². The zero-order chi connectivity index (χ0) is 13.2. The summed E-state index contributed by atoms with van der Waals surface area (Å²) in [4.78, 5) is 4.76. The predicted molar refractivity (Wildman–Crippen MR) is 78.5 cm³/mol. The van der Waals surface area contributed by atoms with E-state index in [1.165, 1.54) is 5.56 Å². The van der Waals surface area contributed by atoms with E-state index in [-0.39, 0.29) is 0 Å². The molecule has 0 saturated heterocycles. The number of methoxy groups -OCH3 is 1. The minimum absolute atomic E-state index is 0.862. The molecule has 0 unspecified atom stereocenters. The number of ether oxygens (including phenoxy) is 1. The lowest BCUT2D eigenvalue weighted by Gasteiger charge is -2.08. The molecule has 0 atom stereocenters. The molecule has 1 aromatic heterocycles. The molecule has 0 bridgehead atoms. The van der Waals surface area contributed by atoms with Gasteiger partial charge in [-0.05, 0) is 36.8 Å². The van der Waals surface area contributed by atoms with Crippen molar-refractivity contribution in [1.82, 2.24) is 4.98 Å². The highest BCUT2D eigenvalue weighted by molar-refractivity contribution is 5.84. The first kappa shape index (κ1) is 11.7. The summed E-state index contributed by atoms with van der Waals surface area (Å²) in [6, 6.07) is 18.4. The van der Waals surface area contributed by atoms with Gasteiger partial charge in [0.2, 0.25) is 0 Å². The molecule has 0 aliphatic carbocycles. The summed E-state index contributed by atoms with van der Waals surface area (Å²) in [7, 11) is 1.68. The van der Waals surface area contributed by atoms with E-state index in [9.17, 15) is 0 Å². The fourth-order valence-corrected chi connectivity index (χ4v) is 2.28. The second-order valence-corrected chi connectivity index (χ2v) is 4.58. The number of fused-ring (bicyclic) bond motifs is 1. The number of benzene rings is 2. The summed E-state index contributed by atoms with van der Waals surface area (Å²) in [5.74, 6) is 0.862. The standard InChI is InChI=1S/C17H15NO/c1-12-10-14-11-15(19-2)8-9-16(14)18-17(12)13-6-4-3-5-7-13/h3-11H,1-2H3. The molecule has 3 rings (SSSR count). The third kappa shape index (κ3) is 2.17. The molecule has 0 aliphatic rings. The van der Waals surface area contributed by atoms with Gasteiger partial charge < -0.3 is 4.74 Å². The van der Waals surface area contributed by atoms with Gasteiger partial charge in [0.1, 0.15) is 5.75 Å². The number of aryl methyl sites for hydroxylation is 1. The zero-order valence-electron chi connectivity index (χ0n) is 11.1. The Bertz CT molecular complexity index is 720. The molecule has 2 heteroatoms. The second-order valence-electron chi connectivity index (χ2n) is 4.58. The van der Waals surface area contributed by atoms with Crippen molar-refractivity contribution in [2.45, 2.75) is 6.92 Å². The third-order valence-electron chi connectivity index (χ3n) is 3.26. The topological polar surface area (TPSA) is 22.1 Å². The number of pyridine rings is 1. The van der Waals surface area contributed by atoms with E-state index in [0.717, 1.165) is 27.9 Å². The van der Waals surface area contributed by atoms with Gasteiger partial charge in [-0.25, -0.2) is 4.98 Å². The van der Waals surface area contributed by atoms with Crippen molar-refractivity contribution in [3.63, 3.8) is 0 Å². The molecular formula is C17H15NO. The lowest BCUT2D eigenvalue weighted by molar-refractivity contribution is 0.415. The molecule has 0 N–H and O–H groups in total. The van der Waals surface area contributed by atoms with Crippen LogP contribution in [-0.2, 0) is 0 Å². The average Bonchev–Trinajstić information content (AvgIpc) is 2.47. The quantitative estimate of drug-likeness (QED) is 0.678. The Morgan fingerprint density at radius 2 is 1.74 bits per heavy atom. The van der Waals surface area contributed by atoms with Gasteiger partial charge in [-0.1, -0.05) is 30.3 Å². The molecule has 1 heterocycles. The Morgan fingerprint density at radius 3 is 2.47 bits per heavy atom. The molecule has 0 aliphatic heterocycles. The highest BCUT2D eigenvalue weighted by Gasteiger charge is 2.06. The Labute approximate surface area is 112 Å². The van der Waals surface area contributed by atoms with Crippen LogP contribution in [0.25, 0.3) is 22.2 Å². The van der Waals surface area contributed by atoms with E-state index in [1.807, 2.05) is 36.4 Å². The van der Waals surface area contributed by atoms with Crippen LogP contribution in [0.2, 0.25) is 0 Å². The van der Waals surface area contributed by atoms with Crippen molar-refractivity contribution in [2.24, 2.45) is 0 Å². The van der Waals surface area contributed by atoms with Gasteiger partial charge in [0.05, 0.1) is 18.3 Å². The smallest absolute Gasteiger partial charge is 0.119 e. The van der Waals surface area contributed by atoms with Gasteiger partial charge in [0.25, 0.3) is 0 Å². The summed E-state index contributed by atoms with van der Waals surface area (Å²) in [5, 5.41) is 1.11. The van der Waals surface area contributed by atoms with Crippen LogP contribution in [0, 0.1) is 6.92 Å². The number of aromatic nitrogens is 1. The monoisotopic (exact) mass is 249 g/mol. The lowest BCUT2D eigenvalue weighted by atomic mass is 10.0. The zero-order valence-corrected chi connectivity index (χ0v) is 11.1. The fraction of sp³-hybridized carbons (Fsp3) is 0.118. The highest BCUT2D eigenvalue weighted by atomic mass is 16.5. The minimum Gasteiger partial charge on any atom is -0.497 e. The summed E-state index contributed by atoms with van der Waals surface area (Å²) >= 11 is 0. The van der Waals surface area contributed by atoms with E-state index in [1.54, 1.807) is 7.11 Å². The van der Waals surface area contributed by atoms with Gasteiger partial charge in [0.15, 0.2) is 0 Å². The van der Waals surface area contributed by atoms with Crippen LogP contribution in [-0.4, -0.2) is 12.1 Å². The molecule has 2 aromatic carbocycles.